The second-order valence-electron chi connectivity index (χ2n) is 5.23. The van der Waals surface area contributed by atoms with Crippen molar-refractivity contribution >= 4 is 22.5 Å². The zero-order valence-electron chi connectivity index (χ0n) is 11.4. The summed E-state index contributed by atoms with van der Waals surface area (Å²) in [7, 11) is 0. The lowest BCUT2D eigenvalue weighted by Gasteiger charge is -2.23. The molecule has 2 aromatic rings. The van der Waals surface area contributed by atoms with Gasteiger partial charge in [-0.1, -0.05) is 18.0 Å². The molecular weight excluding hydrogens is 272 g/mol. The normalized spacial score (nSPS) is 19.1. The zero-order valence-corrected chi connectivity index (χ0v) is 12.2. The van der Waals surface area contributed by atoms with Crippen LogP contribution in [0.15, 0.2) is 30.5 Å². The molecule has 4 heteroatoms. The molecule has 1 aromatic heterocycles. The minimum absolute atomic E-state index is 0.593. The van der Waals surface area contributed by atoms with Gasteiger partial charge in [0, 0.05) is 17.6 Å². The van der Waals surface area contributed by atoms with Gasteiger partial charge in [-0.3, -0.25) is 4.98 Å². The Morgan fingerprint density at radius 1 is 1.30 bits per heavy atom. The highest BCUT2D eigenvalue weighted by Gasteiger charge is 2.13. The first kappa shape index (κ1) is 13.7. The third-order valence-electron chi connectivity index (χ3n) is 3.82. The molecule has 1 saturated heterocycles. The number of nitrogens with zero attached hydrogens (tertiary/aromatic N) is 1. The molecule has 0 aliphatic carbocycles. The fourth-order valence-corrected chi connectivity index (χ4v) is 2.93. The number of pyridine rings is 1. The predicted octanol–water partition coefficient (Wildman–Crippen LogP) is 3.80. The van der Waals surface area contributed by atoms with Crippen LogP contribution < -0.4 is 10.1 Å². The van der Waals surface area contributed by atoms with E-state index in [4.69, 9.17) is 16.3 Å². The molecule has 1 unspecified atom stereocenters. The number of hydrogen-bond acceptors (Lipinski definition) is 3. The maximum Gasteiger partial charge on any atom is 0.145 e. The van der Waals surface area contributed by atoms with E-state index in [1.165, 1.54) is 19.3 Å². The van der Waals surface area contributed by atoms with Crippen molar-refractivity contribution in [1.82, 2.24) is 10.3 Å². The second kappa shape index (κ2) is 6.42. The largest absolute Gasteiger partial charge is 0.491 e. The lowest BCUT2D eigenvalue weighted by molar-refractivity contribution is 0.270. The van der Waals surface area contributed by atoms with Crippen molar-refractivity contribution in [2.75, 3.05) is 13.2 Å². The van der Waals surface area contributed by atoms with Crippen LogP contribution in [-0.2, 0) is 0 Å². The second-order valence-corrected chi connectivity index (χ2v) is 5.64. The molecule has 1 aromatic carbocycles. The Morgan fingerprint density at radius 3 is 3.10 bits per heavy atom. The Bertz CT molecular complexity index is 582. The fraction of sp³-hybridized carbons (Fsp3) is 0.438. The minimum Gasteiger partial charge on any atom is -0.491 e. The van der Waals surface area contributed by atoms with Crippen molar-refractivity contribution in [3.05, 3.63) is 35.5 Å². The average molecular weight is 291 g/mol. The van der Waals surface area contributed by atoms with E-state index in [1.54, 1.807) is 6.20 Å². The molecule has 1 atom stereocenters. The van der Waals surface area contributed by atoms with Crippen LogP contribution in [0.1, 0.15) is 25.7 Å². The van der Waals surface area contributed by atoms with Crippen molar-refractivity contribution in [2.24, 2.45) is 0 Å². The Balaban J connectivity index is 1.67. The SMILES string of the molecule is Clc1ccc(OCCC2CCCCN2)c2ncccc12. The summed E-state index contributed by atoms with van der Waals surface area (Å²) in [6, 6.07) is 8.24. The van der Waals surface area contributed by atoms with E-state index in [-0.39, 0.29) is 0 Å². The monoisotopic (exact) mass is 290 g/mol. The van der Waals surface area contributed by atoms with Crippen molar-refractivity contribution in [3.63, 3.8) is 0 Å². The predicted molar refractivity (Wildman–Crippen MR) is 82.5 cm³/mol. The van der Waals surface area contributed by atoms with Crippen LogP contribution in [0, 0.1) is 0 Å². The zero-order chi connectivity index (χ0) is 13.8. The standard InChI is InChI=1S/C16H19ClN2O/c17-14-6-7-15(16-13(14)5-3-10-19-16)20-11-8-12-4-1-2-9-18-12/h3,5-7,10,12,18H,1-2,4,8-9,11H2. The molecule has 2 heterocycles. The van der Waals surface area contributed by atoms with Gasteiger partial charge in [-0.05, 0) is 50.1 Å². The van der Waals surface area contributed by atoms with Crippen molar-refractivity contribution in [1.29, 1.82) is 0 Å². The van der Waals surface area contributed by atoms with E-state index in [0.29, 0.717) is 12.6 Å². The molecule has 1 N–H and O–H groups in total. The van der Waals surface area contributed by atoms with Crippen molar-refractivity contribution < 1.29 is 4.74 Å². The van der Waals surface area contributed by atoms with E-state index >= 15 is 0 Å². The van der Waals surface area contributed by atoms with E-state index in [0.717, 1.165) is 34.6 Å². The van der Waals surface area contributed by atoms with E-state index in [9.17, 15) is 0 Å². The van der Waals surface area contributed by atoms with Crippen LogP contribution in [-0.4, -0.2) is 24.2 Å². The van der Waals surface area contributed by atoms with Gasteiger partial charge < -0.3 is 10.1 Å². The van der Waals surface area contributed by atoms with Gasteiger partial charge in [-0.25, -0.2) is 0 Å². The number of hydrogen-bond donors (Lipinski definition) is 1. The van der Waals surface area contributed by atoms with Crippen LogP contribution in [0.5, 0.6) is 5.75 Å². The molecular formula is C16H19ClN2O. The van der Waals surface area contributed by atoms with Crippen LogP contribution in [0.4, 0.5) is 0 Å². The van der Waals surface area contributed by atoms with Crippen LogP contribution >= 0.6 is 11.6 Å². The molecule has 0 amide bonds. The molecule has 1 fully saturated rings. The van der Waals surface area contributed by atoms with Crippen LogP contribution in [0.25, 0.3) is 10.9 Å². The average Bonchev–Trinajstić information content (AvgIpc) is 2.51. The third kappa shape index (κ3) is 3.05. The molecule has 0 saturated carbocycles. The first-order chi connectivity index (χ1) is 9.84. The lowest BCUT2D eigenvalue weighted by Crippen LogP contribution is -2.35. The maximum atomic E-state index is 6.18. The van der Waals surface area contributed by atoms with E-state index < -0.39 is 0 Å². The summed E-state index contributed by atoms with van der Waals surface area (Å²) >= 11 is 6.18. The molecule has 20 heavy (non-hydrogen) atoms. The van der Waals surface area contributed by atoms with Crippen LogP contribution in [0.3, 0.4) is 0 Å². The van der Waals surface area contributed by atoms with Crippen molar-refractivity contribution in [3.8, 4) is 5.75 Å². The first-order valence-electron chi connectivity index (χ1n) is 7.24. The molecule has 0 bridgehead atoms. The number of piperidine rings is 1. The first-order valence-corrected chi connectivity index (χ1v) is 7.62. The Morgan fingerprint density at radius 2 is 2.25 bits per heavy atom. The molecule has 0 radical (unpaired) electrons. The van der Waals surface area contributed by atoms with Gasteiger partial charge in [0.2, 0.25) is 0 Å². The maximum absolute atomic E-state index is 6.18. The Labute approximate surface area is 124 Å². The summed E-state index contributed by atoms with van der Waals surface area (Å²) < 4.78 is 5.92. The molecule has 106 valence electrons. The van der Waals surface area contributed by atoms with Gasteiger partial charge in [0.05, 0.1) is 11.6 Å². The number of nitrogens with one attached hydrogen (secondary N) is 1. The Kier molecular flexibility index (Phi) is 4.38. The number of rotatable bonds is 4. The topological polar surface area (TPSA) is 34.1 Å². The summed E-state index contributed by atoms with van der Waals surface area (Å²) in [6.45, 7) is 1.85. The number of aromatic nitrogens is 1. The van der Waals surface area contributed by atoms with E-state index in [2.05, 4.69) is 10.3 Å². The van der Waals surface area contributed by atoms with Gasteiger partial charge in [-0.15, -0.1) is 0 Å². The lowest BCUT2D eigenvalue weighted by atomic mass is 10.0. The van der Waals surface area contributed by atoms with Crippen molar-refractivity contribution in [2.45, 2.75) is 31.7 Å². The highest BCUT2D eigenvalue weighted by molar-refractivity contribution is 6.35. The number of halogens is 1. The van der Waals surface area contributed by atoms with Gasteiger partial charge in [0.15, 0.2) is 0 Å². The minimum atomic E-state index is 0.593. The number of benzene rings is 1. The summed E-state index contributed by atoms with van der Waals surface area (Å²) in [6.07, 6.45) is 6.68. The summed E-state index contributed by atoms with van der Waals surface area (Å²) in [5, 5.41) is 5.20. The summed E-state index contributed by atoms with van der Waals surface area (Å²) in [5.41, 5.74) is 0.844. The van der Waals surface area contributed by atoms with Gasteiger partial charge in [-0.2, -0.15) is 0 Å². The number of ether oxygens (including phenoxy) is 1. The van der Waals surface area contributed by atoms with Gasteiger partial charge in [0.25, 0.3) is 0 Å². The highest BCUT2D eigenvalue weighted by atomic mass is 35.5. The molecule has 0 spiro atoms. The molecule has 3 nitrogen and oxygen atoms in total. The molecule has 3 rings (SSSR count). The van der Waals surface area contributed by atoms with Gasteiger partial charge in [0.1, 0.15) is 11.3 Å². The quantitative estimate of drug-likeness (QED) is 0.930. The highest BCUT2D eigenvalue weighted by Crippen LogP contribution is 2.29. The number of fused-ring (bicyclic) bond motifs is 1. The summed E-state index contributed by atoms with van der Waals surface area (Å²) in [4.78, 5) is 4.38. The fourth-order valence-electron chi connectivity index (χ4n) is 2.71. The third-order valence-corrected chi connectivity index (χ3v) is 4.15. The smallest absolute Gasteiger partial charge is 0.145 e. The van der Waals surface area contributed by atoms with E-state index in [1.807, 2.05) is 24.3 Å². The van der Waals surface area contributed by atoms with Crippen LogP contribution in [0.2, 0.25) is 5.02 Å². The molecule has 1 aliphatic heterocycles. The van der Waals surface area contributed by atoms with Gasteiger partial charge >= 0.3 is 0 Å². The Hall–Kier alpha value is -1.32. The summed E-state index contributed by atoms with van der Waals surface area (Å²) in [5.74, 6) is 0.820. The molecule has 1 aliphatic rings.